The highest BCUT2D eigenvalue weighted by Crippen LogP contribution is 2.14. The Labute approximate surface area is 102 Å². The topological polar surface area (TPSA) is 59.1 Å². The molecule has 2 aromatic rings. The Hall–Kier alpha value is -1.31. The number of sulfonamides is 1. The molecule has 1 aromatic heterocycles. The van der Waals surface area contributed by atoms with Gasteiger partial charge in [0.05, 0.1) is 5.51 Å². The van der Waals surface area contributed by atoms with Crippen LogP contribution in [0, 0.1) is 5.82 Å². The number of rotatable bonds is 4. The van der Waals surface area contributed by atoms with Crippen molar-refractivity contribution in [1.82, 2.24) is 9.71 Å². The van der Waals surface area contributed by atoms with E-state index in [-0.39, 0.29) is 11.4 Å². The first-order valence-electron chi connectivity index (χ1n) is 4.71. The molecule has 7 heteroatoms. The summed E-state index contributed by atoms with van der Waals surface area (Å²) in [5.74, 6) is -0.760. The monoisotopic (exact) mass is 272 g/mol. The molecule has 90 valence electrons. The molecule has 4 nitrogen and oxygen atoms in total. The van der Waals surface area contributed by atoms with E-state index in [2.05, 4.69) is 9.71 Å². The van der Waals surface area contributed by atoms with E-state index in [9.17, 15) is 12.8 Å². The Morgan fingerprint density at radius 3 is 2.76 bits per heavy atom. The third kappa shape index (κ3) is 2.87. The maximum absolute atomic E-state index is 13.3. The van der Waals surface area contributed by atoms with Crippen LogP contribution in [-0.4, -0.2) is 13.4 Å². The molecule has 1 N–H and O–H groups in total. The zero-order valence-corrected chi connectivity index (χ0v) is 10.3. The van der Waals surface area contributed by atoms with Crippen LogP contribution < -0.4 is 4.72 Å². The van der Waals surface area contributed by atoms with Crippen LogP contribution in [0.25, 0.3) is 0 Å². The number of hydrogen-bond donors (Lipinski definition) is 1. The van der Waals surface area contributed by atoms with E-state index in [0.29, 0.717) is 0 Å². The van der Waals surface area contributed by atoms with Gasteiger partial charge < -0.3 is 0 Å². The molecule has 0 saturated carbocycles. The van der Waals surface area contributed by atoms with Gasteiger partial charge in [-0.25, -0.2) is 17.5 Å². The predicted octanol–water partition coefficient (Wildman–Crippen LogP) is 1.76. The van der Waals surface area contributed by atoms with Crippen LogP contribution in [0.15, 0.2) is 40.9 Å². The first kappa shape index (κ1) is 12.2. The lowest BCUT2D eigenvalue weighted by Gasteiger charge is -2.05. The van der Waals surface area contributed by atoms with Crippen molar-refractivity contribution in [1.29, 1.82) is 0 Å². The normalized spacial score (nSPS) is 11.6. The standard InChI is InChI=1S/C10H9FN2O2S2/c11-9-3-1-2-4-10(9)17(14,15)13-6-8-5-12-7-16-8/h1-5,7,13H,6H2. The minimum absolute atomic E-state index is 0.112. The Morgan fingerprint density at radius 2 is 2.12 bits per heavy atom. The molecule has 1 heterocycles. The van der Waals surface area contributed by atoms with Crippen molar-refractivity contribution in [2.75, 3.05) is 0 Å². The molecular formula is C10H9FN2O2S2. The molecule has 2 rings (SSSR count). The van der Waals surface area contributed by atoms with Gasteiger partial charge in [0, 0.05) is 17.6 Å². The van der Waals surface area contributed by atoms with Gasteiger partial charge in [-0.1, -0.05) is 12.1 Å². The van der Waals surface area contributed by atoms with Crippen LogP contribution in [0.3, 0.4) is 0 Å². The second-order valence-electron chi connectivity index (χ2n) is 3.22. The van der Waals surface area contributed by atoms with E-state index < -0.39 is 15.8 Å². The maximum atomic E-state index is 13.3. The molecular weight excluding hydrogens is 263 g/mol. The van der Waals surface area contributed by atoms with E-state index in [1.807, 2.05) is 0 Å². The smallest absolute Gasteiger partial charge is 0.243 e. The fourth-order valence-corrected chi connectivity index (χ4v) is 2.95. The lowest BCUT2D eigenvalue weighted by Crippen LogP contribution is -2.23. The number of benzene rings is 1. The fourth-order valence-electron chi connectivity index (χ4n) is 1.24. The number of halogens is 1. The molecule has 0 fully saturated rings. The molecule has 0 saturated heterocycles. The number of aromatic nitrogens is 1. The summed E-state index contributed by atoms with van der Waals surface area (Å²) in [6, 6.07) is 5.26. The highest BCUT2D eigenvalue weighted by atomic mass is 32.2. The van der Waals surface area contributed by atoms with Gasteiger partial charge in [0.1, 0.15) is 10.7 Å². The molecule has 0 unspecified atom stereocenters. The summed E-state index contributed by atoms with van der Waals surface area (Å²) in [6.07, 6.45) is 1.56. The molecule has 17 heavy (non-hydrogen) atoms. The lowest BCUT2D eigenvalue weighted by atomic mass is 10.4. The van der Waals surface area contributed by atoms with Gasteiger partial charge in [-0.05, 0) is 12.1 Å². The van der Waals surface area contributed by atoms with Gasteiger partial charge >= 0.3 is 0 Å². The average molecular weight is 272 g/mol. The van der Waals surface area contributed by atoms with Crippen molar-refractivity contribution < 1.29 is 12.8 Å². The summed E-state index contributed by atoms with van der Waals surface area (Å²) in [5.41, 5.74) is 1.60. The predicted molar refractivity (Wildman–Crippen MR) is 62.5 cm³/mol. The van der Waals surface area contributed by atoms with Crippen LogP contribution in [0.1, 0.15) is 4.88 Å². The molecule has 0 bridgehead atoms. The molecule has 0 atom stereocenters. The van der Waals surface area contributed by atoms with Gasteiger partial charge in [0.25, 0.3) is 0 Å². The van der Waals surface area contributed by atoms with Crippen molar-refractivity contribution >= 4 is 21.4 Å². The Bertz CT molecular complexity index is 597. The Morgan fingerprint density at radius 1 is 1.35 bits per heavy atom. The number of thiazole rings is 1. The van der Waals surface area contributed by atoms with Crippen molar-refractivity contribution in [2.45, 2.75) is 11.4 Å². The van der Waals surface area contributed by atoms with Gasteiger partial charge in [0.2, 0.25) is 10.0 Å². The van der Waals surface area contributed by atoms with Crippen molar-refractivity contribution in [3.8, 4) is 0 Å². The Kier molecular flexibility index (Phi) is 3.51. The quantitative estimate of drug-likeness (QED) is 0.922. The lowest BCUT2D eigenvalue weighted by molar-refractivity contribution is 0.557. The van der Waals surface area contributed by atoms with E-state index >= 15 is 0 Å². The third-order valence-electron chi connectivity index (χ3n) is 2.05. The largest absolute Gasteiger partial charge is 0.253 e. The fraction of sp³-hybridized carbons (Fsp3) is 0.100. The SMILES string of the molecule is O=S(=O)(NCc1cncs1)c1ccccc1F. The minimum atomic E-state index is -3.81. The summed E-state index contributed by atoms with van der Waals surface area (Å²) in [4.78, 5) is 4.25. The van der Waals surface area contributed by atoms with E-state index in [4.69, 9.17) is 0 Å². The number of nitrogens with zero attached hydrogens (tertiary/aromatic N) is 1. The summed E-state index contributed by atoms with van der Waals surface area (Å²) in [7, 11) is -3.81. The van der Waals surface area contributed by atoms with Crippen LogP contribution in [0.4, 0.5) is 4.39 Å². The first-order chi connectivity index (χ1) is 8.09. The third-order valence-corrected chi connectivity index (χ3v) is 4.26. The average Bonchev–Trinajstić information content (AvgIpc) is 2.80. The Balaban J connectivity index is 2.17. The number of nitrogens with one attached hydrogen (secondary N) is 1. The number of hydrogen-bond acceptors (Lipinski definition) is 4. The molecule has 0 aliphatic carbocycles. The summed E-state index contributed by atoms with van der Waals surface area (Å²) in [5, 5.41) is 0. The van der Waals surface area contributed by atoms with Crippen LogP contribution in [0.2, 0.25) is 0 Å². The zero-order valence-electron chi connectivity index (χ0n) is 8.63. The van der Waals surface area contributed by atoms with E-state index in [1.165, 1.54) is 29.5 Å². The van der Waals surface area contributed by atoms with E-state index in [1.54, 1.807) is 11.7 Å². The second kappa shape index (κ2) is 4.91. The van der Waals surface area contributed by atoms with Crippen molar-refractivity contribution in [2.24, 2.45) is 0 Å². The van der Waals surface area contributed by atoms with E-state index in [0.717, 1.165) is 10.9 Å². The summed E-state index contributed by atoms with van der Waals surface area (Å²) >= 11 is 1.33. The molecule has 0 amide bonds. The highest BCUT2D eigenvalue weighted by molar-refractivity contribution is 7.89. The van der Waals surface area contributed by atoms with Crippen LogP contribution in [0.5, 0.6) is 0 Å². The molecule has 0 aliphatic heterocycles. The zero-order chi connectivity index (χ0) is 12.3. The molecule has 0 radical (unpaired) electrons. The van der Waals surface area contributed by atoms with Gasteiger partial charge in [-0.2, -0.15) is 0 Å². The van der Waals surface area contributed by atoms with Crippen molar-refractivity contribution in [3.63, 3.8) is 0 Å². The molecule has 1 aromatic carbocycles. The van der Waals surface area contributed by atoms with Crippen LogP contribution in [-0.2, 0) is 16.6 Å². The van der Waals surface area contributed by atoms with Gasteiger partial charge in [-0.15, -0.1) is 11.3 Å². The van der Waals surface area contributed by atoms with Gasteiger partial charge in [-0.3, -0.25) is 4.98 Å². The molecule has 0 aliphatic rings. The first-order valence-corrected chi connectivity index (χ1v) is 7.07. The summed E-state index contributed by atoms with van der Waals surface area (Å²) in [6.45, 7) is 0.112. The van der Waals surface area contributed by atoms with Crippen molar-refractivity contribution in [3.05, 3.63) is 46.7 Å². The second-order valence-corrected chi connectivity index (χ2v) is 5.93. The van der Waals surface area contributed by atoms with Gasteiger partial charge in [0.15, 0.2) is 0 Å². The maximum Gasteiger partial charge on any atom is 0.243 e. The van der Waals surface area contributed by atoms with Crippen LogP contribution >= 0.6 is 11.3 Å². The summed E-state index contributed by atoms with van der Waals surface area (Å²) < 4.78 is 39.2. The minimum Gasteiger partial charge on any atom is -0.253 e. The molecule has 0 spiro atoms. The highest BCUT2D eigenvalue weighted by Gasteiger charge is 2.17.